The van der Waals surface area contributed by atoms with Crippen LogP contribution >= 0.6 is 0 Å². The second-order valence-corrected chi connectivity index (χ2v) is 7.62. The van der Waals surface area contributed by atoms with Gasteiger partial charge in [-0.05, 0) is 85.9 Å². The van der Waals surface area contributed by atoms with Crippen LogP contribution in [0, 0.1) is 25.7 Å². The molecule has 0 bridgehead atoms. The summed E-state index contributed by atoms with van der Waals surface area (Å²) < 4.78 is 5.97. The van der Waals surface area contributed by atoms with Crippen molar-refractivity contribution in [3.05, 3.63) is 52.7 Å². The Balaban J connectivity index is 1.76. The molecule has 144 valence electrons. The smallest absolute Gasteiger partial charge is 0.228 e. The van der Waals surface area contributed by atoms with Gasteiger partial charge in [-0.1, -0.05) is 19.9 Å². The van der Waals surface area contributed by atoms with Crippen molar-refractivity contribution >= 4 is 11.7 Å². The van der Waals surface area contributed by atoms with Crippen molar-refractivity contribution in [3.8, 4) is 5.75 Å². The number of fused-ring (bicyclic) bond motifs is 1. The van der Waals surface area contributed by atoms with Gasteiger partial charge >= 0.3 is 0 Å². The van der Waals surface area contributed by atoms with Gasteiger partial charge in [0.2, 0.25) is 5.91 Å². The van der Waals surface area contributed by atoms with E-state index in [9.17, 15) is 4.79 Å². The van der Waals surface area contributed by atoms with Gasteiger partial charge in [0, 0.05) is 12.1 Å². The number of anilines is 1. The molecule has 0 fully saturated rings. The third kappa shape index (κ3) is 4.32. The number of aryl methyl sites for hydroxylation is 1. The van der Waals surface area contributed by atoms with Crippen LogP contribution in [-0.2, 0) is 17.6 Å². The van der Waals surface area contributed by atoms with E-state index in [1.807, 2.05) is 25.1 Å². The van der Waals surface area contributed by atoms with Gasteiger partial charge in [-0.2, -0.15) is 0 Å². The highest BCUT2D eigenvalue weighted by Gasteiger charge is 2.30. The second kappa shape index (κ2) is 8.55. The Hall–Kier alpha value is -2.36. The molecule has 0 aliphatic heterocycles. The molecule has 2 atom stereocenters. The van der Waals surface area contributed by atoms with Crippen molar-refractivity contribution in [2.75, 3.05) is 11.9 Å². The first-order valence-corrected chi connectivity index (χ1v) is 9.97. The molecule has 1 aliphatic rings. The van der Waals surface area contributed by atoms with Crippen LogP contribution in [0.3, 0.4) is 0 Å². The van der Waals surface area contributed by atoms with Crippen molar-refractivity contribution < 1.29 is 9.53 Å². The number of rotatable bonds is 6. The molecule has 4 nitrogen and oxygen atoms in total. The monoisotopic (exact) mass is 366 g/mol. The molecule has 1 aromatic carbocycles. The molecule has 4 heteroatoms. The van der Waals surface area contributed by atoms with E-state index in [2.05, 4.69) is 37.1 Å². The quantitative estimate of drug-likeness (QED) is 0.794. The number of pyridine rings is 1. The van der Waals surface area contributed by atoms with E-state index < -0.39 is 0 Å². The van der Waals surface area contributed by atoms with E-state index in [0.29, 0.717) is 11.7 Å². The van der Waals surface area contributed by atoms with Gasteiger partial charge in [0.05, 0.1) is 6.61 Å². The summed E-state index contributed by atoms with van der Waals surface area (Å²) in [7, 11) is 0. The summed E-state index contributed by atoms with van der Waals surface area (Å²) in [5.74, 6) is 1.95. The Labute approximate surface area is 162 Å². The van der Waals surface area contributed by atoms with Crippen LogP contribution in [0.15, 0.2) is 30.5 Å². The fraction of sp³-hybridized carbons (Fsp3) is 0.478. The number of ether oxygens (including phenoxy) is 1. The summed E-state index contributed by atoms with van der Waals surface area (Å²) in [6, 6.07) is 7.74. The fourth-order valence-corrected chi connectivity index (χ4v) is 4.00. The maximum absolute atomic E-state index is 12.7. The molecule has 0 saturated carbocycles. The van der Waals surface area contributed by atoms with Crippen molar-refractivity contribution in [1.82, 2.24) is 4.98 Å². The van der Waals surface area contributed by atoms with Crippen LogP contribution in [-0.4, -0.2) is 17.5 Å². The zero-order chi connectivity index (χ0) is 19.4. The molecular formula is C23H30N2O2. The summed E-state index contributed by atoms with van der Waals surface area (Å²) in [4.78, 5) is 16.9. The Morgan fingerprint density at radius 1 is 1.33 bits per heavy atom. The average molecular weight is 367 g/mol. The standard InChI is InChI=1S/C23H30N2O2/c1-5-12-27-21-13-15(2)19-10-9-18(14-20(19)17(21)4)16(3)23(26)25-22-8-6-7-11-24-22/h6-8,11,13,16,18H,5,9-10,12,14H2,1-4H3,(H,24,25,26)/t16-,18?/m0/s1. The molecule has 0 spiro atoms. The van der Waals surface area contributed by atoms with Gasteiger partial charge in [-0.3, -0.25) is 4.79 Å². The topological polar surface area (TPSA) is 51.2 Å². The SMILES string of the molecule is CCCOc1cc(C)c2c(c1C)CC([C@H](C)C(=O)Nc1ccccn1)CC2. The van der Waals surface area contributed by atoms with Gasteiger partial charge in [0.25, 0.3) is 0 Å². The van der Waals surface area contributed by atoms with Crippen molar-refractivity contribution in [3.63, 3.8) is 0 Å². The maximum Gasteiger partial charge on any atom is 0.228 e. The summed E-state index contributed by atoms with van der Waals surface area (Å²) in [6.45, 7) is 9.23. The summed E-state index contributed by atoms with van der Waals surface area (Å²) in [5.41, 5.74) is 5.39. The summed E-state index contributed by atoms with van der Waals surface area (Å²) in [6.07, 6.45) is 5.70. The molecule has 1 aliphatic carbocycles. The molecule has 1 amide bonds. The zero-order valence-corrected chi connectivity index (χ0v) is 16.8. The molecule has 1 unspecified atom stereocenters. The molecular weight excluding hydrogens is 336 g/mol. The highest BCUT2D eigenvalue weighted by Crippen LogP contribution is 2.38. The van der Waals surface area contributed by atoms with E-state index in [0.717, 1.165) is 38.0 Å². The normalized spacial score (nSPS) is 17.1. The number of carbonyl (C=O) groups is 1. The van der Waals surface area contributed by atoms with Gasteiger partial charge in [-0.15, -0.1) is 0 Å². The first kappa shape index (κ1) is 19.4. The van der Waals surface area contributed by atoms with Gasteiger partial charge in [0.15, 0.2) is 0 Å². The minimum atomic E-state index is -0.0555. The largest absolute Gasteiger partial charge is 0.493 e. The van der Waals surface area contributed by atoms with E-state index in [1.54, 1.807) is 6.20 Å². The number of benzene rings is 1. The minimum absolute atomic E-state index is 0.0508. The van der Waals surface area contributed by atoms with Crippen molar-refractivity contribution in [1.29, 1.82) is 0 Å². The molecule has 1 heterocycles. The van der Waals surface area contributed by atoms with Crippen LogP contribution in [0.25, 0.3) is 0 Å². The second-order valence-electron chi connectivity index (χ2n) is 7.62. The lowest BCUT2D eigenvalue weighted by molar-refractivity contribution is -0.121. The Kier molecular flexibility index (Phi) is 6.15. The number of nitrogens with zero attached hydrogens (tertiary/aromatic N) is 1. The number of aromatic nitrogens is 1. The predicted octanol–water partition coefficient (Wildman–Crippen LogP) is 4.87. The lowest BCUT2D eigenvalue weighted by Gasteiger charge is -2.31. The van der Waals surface area contributed by atoms with Gasteiger partial charge in [0.1, 0.15) is 11.6 Å². The van der Waals surface area contributed by atoms with Crippen LogP contribution in [0.2, 0.25) is 0 Å². The molecule has 27 heavy (non-hydrogen) atoms. The van der Waals surface area contributed by atoms with Crippen molar-refractivity contribution in [2.45, 2.75) is 53.4 Å². The molecule has 1 N–H and O–H groups in total. The molecule has 1 aromatic heterocycles. The summed E-state index contributed by atoms with van der Waals surface area (Å²) >= 11 is 0. The third-order valence-electron chi connectivity index (χ3n) is 5.74. The average Bonchev–Trinajstić information content (AvgIpc) is 2.69. The fourth-order valence-electron chi connectivity index (χ4n) is 4.00. The van der Waals surface area contributed by atoms with Gasteiger partial charge < -0.3 is 10.1 Å². The highest BCUT2D eigenvalue weighted by molar-refractivity contribution is 5.91. The van der Waals surface area contributed by atoms with E-state index in [4.69, 9.17) is 4.74 Å². The number of hydrogen-bond acceptors (Lipinski definition) is 3. The highest BCUT2D eigenvalue weighted by atomic mass is 16.5. The van der Waals surface area contributed by atoms with Crippen LogP contribution in [0.4, 0.5) is 5.82 Å². The number of amides is 1. The lowest BCUT2D eigenvalue weighted by atomic mass is 9.74. The number of carbonyl (C=O) groups excluding carboxylic acids is 1. The van der Waals surface area contributed by atoms with Crippen LogP contribution in [0.1, 0.15) is 48.9 Å². The Bertz CT molecular complexity index is 802. The maximum atomic E-state index is 12.7. The predicted molar refractivity (Wildman–Crippen MR) is 109 cm³/mol. The van der Waals surface area contributed by atoms with E-state index in [-0.39, 0.29) is 11.8 Å². The molecule has 2 aromatic rings. The molecule has 0 radical (unpaired) electrons. The van der Waals surface area contributed by atoms with Gasteiger partial charge in [-0.25, -0.2) is 4.98 Å². The number of nitrogens with one attached hydrogen (secondary N) is 1. The molecule has 0 saturated heterocycles. The Morgan fingerprint density at radius 2 is 2.15 bits per heavy atom. The first-order valence-electron chi connectivity index (χ1n) is 9.97. The first-order chi connectivity index (χ1) is 13.0. The molecule has 3 rings (SSSR count). The third-order valence-corrected chi connectivity index (χ3v) is 5.74. The zero-order valence-electron chi connectivity index (χ0n) is 16.8. The Morgan fingerprint density at radius 3 is 2.85 bits per heavy atom. The minimum Gasteiger partial charge on any atom is -0.493 e. The van der Waals surface area contributed by atoms with E-state index >= 15 is 0 Å². The van der Waals surface area contributed by atoms with Crippen molar-refractivity contribution in [2.24, 2.45) is 11.8 Å². The van der Waals surface area contributed by atoms with Crippen LogP contribution < -0.4 is 10.1 Å². The van der Waals surface area contributed by atoms with Crippen LogP contribution in [0.5, 0.6) is 5.75 Å². The summed E-state index contributed by atoms with van der Waals surface area (Å²) in [5, 5.41) is 2.95. The lowest BCUT2D eigenvalue weighted by Crippen LogP contribution is -2.31. The number of hydrogen-bond donors (Lipinski definition) is 1. The van der Waals surface area contributed by atoms with E-state index in [1.165, 1.54) is 22.3 Å².